The van der Waals surface area contributed by atoms with Crippen molar-refractivity contribution < 1.29 is 4.39 Å². The van der Waals surface area contributed by atoms with Gasteiger partial charge in [0.2, 0.25) is 0 Å². The van der Waals surface area contributed by atoms with E-state index in [-0.39, 0.29) is 5.02 Å². The fourth-order valence-corrected chi connectivity index (χ4v) is 2.50. The van der Waals surface area contributed by atoms with Gasteiger partial charge in [0.15, 0.2) is 5.96 Å². The number of hydrogen-bond donors (Lipinski definition) is 2. The van der Waals surface area contributed by atoms with Crippen molar-refractivity contribution in [1.82, 2.24) is 20.4 Å². The largest absolute Gasteiger partial charge is 0.352 e. The van der Waals surface area contributed by atoms with Crippen LogP contribution in [0.5, 0.6) is 0 Å². The van der Waals surface area contributed by atoms with Crippen molar-refractivity contribution >= 4 is 17.6 Å². The number of halogens is 2. The Morgan fingerprint density at radius 3 is 2.57 bits per heavy atom. The molecule has 0 atom stereocenters. The number of aromatic nitrogens is 2. The number of aliphatic imine (C=N–C) groups is 1. The Kier molecular flexibility index (Phi) is 5.60. The molecule has 1 aromatic heterocycles. The highest BCUT2D eigenvalue weighted by atomic mass is 35.5. The molecule has 5 nitrogen and oxygen atoms in total. The molecule has 2 rings (SSSR count). The van der Waals surface area contributed by atoms with Gasteiger partial charge in [-0.05, 0) is 31.5 Å². The van der Waals surface area contributed by atoms with Gasteiger partial charge in [0, 0.05) is 38.4 Å². The first-order valence-electron chi connectivity index (χ1n) is 7.30. The summed E-state index contributed by atoms with van der Waals surface area (Å²) in [7, 11) is 3.63. The third-order valence-corrected chi connectivity index (χ3v) is 4.05. The van der Waals surface area contributed by atoms with Crippen molar-refractivity contribution in [3.05, 3.63) is 51.6 Å². The number of nitrogens with zero attached hydrogens (tertiary/aromatic N) is 3. The molecule has 0 aliphatic heterocycles. The lowest BCUT2D eigenvalue weighted by Gasteiger charge is -2.12. The fourth-order valence-electron chi connectivity index (χ4n) is 2.30. The molecule has 0 unspecified atom stereocenters. The lowest BCUT2D eigenvalue weighted by atomic mass is 10.2. The highest BCUT2D eigenvalue weighted by molar-refractivity contribution is 6.30. The van der Waals surface area contributed by atoms with Crippen LogP contribution in [-0.4, -0.2) is 22.8 Å². The van der Waals surface area contributed by atoms with Gasteiger partial charge in [0.25, 0.3) is 0 Å². The zero-order valence-electron chi connectivity index (χ0n) is 13.7. The highest BCUT2D eigenvalue weighted by Gasteiger charge is 2.09. The summed E-state index contributed by atoms with van der Waals surface area (Å²) in [5.74, 6) is 0.244. The first-order valence-corrected chi connectivity index (χ1v) is 7.67. The van der Waals surface area contributed by atoms with Crippen LogP contribution in [0.25, 0.3) is 0 Å². The molecule has 0 fully saturated rings. The van der Waals surface area contributed by atoms with Crippen LogP contribution >= 0.6 is 11.6 Å². The van der Waals surface area contributed by atoms with Crippen molar-refractivity contribution in [2.75, 3.05) is 7.05 Å². The van der Waals surface area contributed by atoms with Crippen LogP contribution < -0.4 is 10.6 Å². The van der Waals surface area contributed by atoms with Crippen molar-refractivity contribution in [2.45, 2.75) is 26.9 Å². The maximum Gasteiger partial charge on any atom is 0.191 e. The summed E-state index contributed by atoms with van der Waals surface area (Å²) in [6, 6.07) is 4.65. The number of benzene rings is 1. The Morgan fingerprint density at radius 2 is 2.00 bits per heavy atom. The smallest absolute Gasteiger partial charge is 0.191 e. The monoisotopic (exact) mass is 337 g/mol. The normalized spacial score (nSPS) is 11.7. The van der Waals surface area contributed by atoms with Gasteiger partial charge in [-0.3, -0.25) is 9.67 Å². The van der Waals surface area contributed by atoms with Crippen molar-refractivity contribution in [1.29, 1.82) is 0 Å². The van der Waals surface area contributed by atoms with E-state index in [0.717, 1.165) is 22.5 Å². The predicted molar refractivity (Wildman–Crippen MR) is 91.1 cm³/mol. The molecule has 0 saturated carbocycles. The second kappa shape index (κ2) is 7.46. The molecule has 0 saturated heterocycles. The molecule has 2 aromatic rings. The van der Waals surface area contributed by atoms with Gasteiger partial charge in [-0.2, -0.15) is 5.10 Å². The zero-order chi connectivity index (χ0) is 17.0. The lowest BCUT2D eigenvalue weighted by molar-refractivity contribution is 0.627. The first kappa shape index (κ1) is 17.3. The third-order valence-electron chi connectivity index (χ3n) is 3.76. The van der Waals surface area contributed by atoms with E-state index in [1.54, 1.807) is 19.2 Å². The Morgan fingerprint density at radius 1 is 1.30 bits per heavy atom. The van der Waals surface area contributed by atoms with Gasteiger partial charge in [-0.15, -0.1) is 0 Å². The van der Waals surface area contributed by atoms with Crippen molar-refractivity contribution in [2.24, 2.45) is 12.0 Å². The van der Waals surface area contributed by atoms with E-state index in [9.17, 15) is 4.39 Å². The highest BCUT2D eigenvalue weighted by Crippen LogP contribution is 2.15. The van der Waals surface area contributed by atoms with Crippen LogP contribution in [0.1, 0.15) is 22.5 Å². The SMILES string of the molecule is CN=C(NCc1ccc(F)c(Cl)c1)NCc1c(C)nn(C)c1C. The number of aryl methyl sites for hydroxylation is 2. The number of rotatable bonds is 4. The topological polar surface area (TPSA) is 54.2 Å². The molecule has 23 heavy (non-hydrogen) atoms. The molecule has 124 valence electrons. The van der Waals surface area contributed by atoms with Crippen LogP contribution in [0, 0.1) is 19.7 Å². The van der Waals surface area contributed by atoms with Crippen LogP contribution in [0.3, 0.4) is 0 Å². The van der Waals surface area contributed by atoms with Crippen LogP contribution in [0.15, 0.2) is 23.2 Å². The molecule has 0 bridgehead atoms. The quantitative estimate of drug-likeness (QED) is 0.666. The summed E-state index contributed by atoms with van der Waals surface area (Å²) in [4.78, 5) is 4.18. The van der Waals surface area contributed by atoms with Gasteiger partial charge < -0.3 is 10.6 Å². The Hall–Kier alpha value is -2.08. The number of hydrogen-bond acceptors (Lipinski definition) is 2. The Bertz CT molecular complexity index is 724. The standard InChI is InChI=1S/C16H21ClFN5/c1-10-13(11(2)23(4)22-10)9-21-16(19-3)20-8-12-5-6-15(18)14(17)7-12/h5-7H,8-9H2,1-4H3,(H2,19,20,21). The lowest BCUT2D eigenvalue weighted by Crippen LogP contribution is -2.36. The average Bonchev–Trinajstić information content (AvgIpc) is 2.76. The molecule has 7 heteroatoms. The Labute approximate surface area is 140 Å². The second-order valence-electron chi connectivity index (χ2n) is 5.30. The Balaban J connectivity index is 1.94. The summed E-state index contributed by atoms with van der Waals surface area (Å²) in [5.41, 5.74) is 4.16. The molecule has 2 N–H and O–H groups in total. The van der Waals surface area contributed by atoms with Gasteiger partial charge in [0.05, 0.1) is 10.7 Å². The minimum atomic E-state index is -0.416. The van der Waals surface area contributed by atoms with E-state index in [2.05, 4.69) is 20.7 Å². The van der Waals surface area contributed by atoms with E-state index >= 15 is 0 Å². The third kappa shape index (κ3) is 4.22. The summed E-state index contributed by atoms with van der Waals surface area (Å²) < 4.78 is 15.0. The van der Waals surface area contributed by atoms with Crippen LogP contribution in [-0.2, 0) is 20.1 Å². The molecule has 0 spiro atoms. The first-order chi connectivity index (χ1) is 10.9. The summed E-state index contributed by atoms with van der Waals surface area (Å²) in [6.07, 6.45) is 0. The minimum Gasteiger partial charge on any atom is -0.352 e. The summed E-state index contributed by atoms with van der Waals surface area (Å²) in [5, 5.41) is 10.9. The van der Waals surface area contributed by atoms with Gasteiger partial charge in [0.1, 0.15) is 5.82 Å². The van der Waals surface area contributed by atoms with Gasteiger partial charge in [-0.25, -0.2) is 4.39 Å². The number of guanidine groups is 1. The fraction of sp³-hybridized carbons (Fsp3) is 0.375. The predicted octanol–water partition coefficient (Wildman–Crippen LogP) is 2.69. The molecule has 0 radical (unpaired) electrons. The molecule has 0 aliphatic rings. The van der Waals surface area contributed by atoms with E-state index < -0.39 is 5.82 Å². The number of nitrogens with one attached hydrogen (secondary N) is 2. The minimum absolute atomic E-state index is 0.119. The zero-order valence-corrected chi connectivity index (χ0v) is 14.5. The average molecular weight is 338 g/mol. The molecular weight excluding hydrogens is 317 g/mol. The van der Waals surface area contributed by atoms with Crippen LogP contribution in [0.2, 0.25) is 5.02 Å². The van der Waals surface area contributed by atoms with E-state index in [1.165, 1.54) is 6.07 Å². The maximum atomic E-state index is 13.2. The molecular formula is C16H21ClFN5. The molecule has 0 aliphatic carbocycles. The molecule has 1 heterocycles. The maximum absolute atomic E-state index is 13.2. The molecule has 1 aromatic carbocycles. The second-order valence-corrected chi connectivity index (χ2v) is 5.71. The van der Waals surface area contributed by atoms with E-state index in [1.807, 2.05) is 25.6 Å². The van der Waals surface area contributed by atoms with Crippen molar-refractivity contribution in [3.8, 4) is 0 Å². The van der Waals surface area contributed by atoms with E-state index in [0.29, 0.717) is 19.0 Å². The van der Waals surface area contributed by atoms with Gasteiger partial charge in [-0.1, -0.05) is 17.7 Å². The van der Waals surface area contributed by atoms with Crippen molar-refractivity contribution in [3.63, 3.8) is 0 Å². The van der Waals surface area contributed by atoms with Crippen LogP contribution in [0.4, 0.5) is 4.39 Å². The molecule has 0 amide bonds. The van der Waals surface area contributed by atoms with Gasteiger partial charge >= 0.3 is 0 Å². The van der Waals surface area contributed by atoms with E-state index in [4.69, 9.17) is 11.6 Å². The summed E-state index contributed by atoms with van der Waals surface area (Å²) in [6.45, 7) is 5.16. The summed E-state index contributed by atoms with van der Waals surface area (Å²) >= 11 is 5.78.